The number of carboxylic acids is 1. The van der Waals surface area contributed by atoms with Crippen LogP contribution < -0.4 is 0 Å². The van der Waals surface area contributed by atoms with Crippen molar-refractivity contribution in [2.45, 2.75) is 33.1 Å². The number of carbonyl (C=O) groups excluding carboxylic acids is 1. The summed E-state index contributed by atoms with van der Waals surface area (Å²) in [6.45, 7) is 5.08. The quantitative estimate of drug-likeness (QED) is 0.927. The van der Waals surface area contributed by atoms with Crippen LogP contribution in [-0.2, 0) is 11.2 Å². The van der Waals surface area contributed by atoms with Crippen LogP contribution in [0.25, 0.3) is 0 Å². The van der Waals surface area contributed by atoms with Crippen LogP contribution in [0.3, 0.4) is 0 Å². The van der Waals surface area contributed by atoms with Gasteiger partial charge in [0.15, 0.2) is 0 Å². The van der Waals surface area contributed by atoms with Crippen LogP contribution in [0.1, 0.15) is 42.6 Å². The second-order valence-corrected chi connectivity index (χ2v) is 6.03. The molecule has 1 fully saturated rings. The van der Waals surface area contributed by atoms with Gasteiger partial charge in [-0.25, -0.2) is 0 Å². The van der Waals surface area contributed by atoms with Crippen molar-refractivity contribution < 1.29 is 14.7 Å². The Labute approximate surface area is 125 Å². The zero-order valence-corrected chi connectivity index (χ0v) is 12.7. The summed E-state index contributed by atoms with van der Waals surface area (Å²) in [6.07, 6.45) is 2.74. The highest BCUT2D eigenvalue weighted by Crippen LogP contribution is 2.23. The van der Waals surface area contributed by atoms with E-state index in [9.17, 15) is 14.7 Å². The van der Waals surface area contributed by atoms with Gasteiger partial charge in [0.2, 0.25) is 0 Å². The number of aliphatic carboxylic acids is 1. The number of nitrogens with zero attached hydrogens (tertiary/aromatic N) is 1. The van der Waals surface area contributed by atoms with Crippen molar-refractivity contribution in [3.63, 3.8) is 0 Å². The van der Waals surface area contributed by atoms with Crippen LogP contribution in [0, 0.1) is 11.8 Å². The van der Waals surface area contributed by atoms with Gasteiger partial charge in [-0.1, -0.05) is 32.4 Å². The summed E-state index contributed by atoms with van der Waals surface area (Å²) in [5.74, 6) is -1.09. The fraction of sp³-hybridized carbons (Fsp3) is 0.529. The molecule has 0 spiro atoms. The predicted molar refractivity (Wildman–Crippen MR) is 81.2 cm³/mol. The minimum atomic E-state index is -0.808. The lowest BCUT2D eigenvalue weighted by Crippen LogP contribution is -2.45. The Morgan fingerprint density at radius 3 is 2.48 bits per heavy atom. The average molecular weight is 289 g/mol. The molecule has 1 saturated heterocycles. The molecule has 0 bridgehead atoms. The van der Waals surface area contributed by atoms with Crippen molar-refractivity contribution >= 4 is 11.9 Å². The van der Waals surface area contributed by atoms with E-state index in [1.54, 1.807) is 4.90 Å². The number of benzene rings is 1. The maximum atomic E-state index is 12.5. The van der Waals surface area contributed by atoms with E-state index < -0.39 is 11.9 Å². The molecule has 1 aromatic rings. The van der Waals surface area contributed by atoms with Gasteiger partial charge in [0, 0.05) is 18.7 Å². The Bertz CT molecular complexity index is 509. The Morgan fingerprint density at radius 1 is 1.24 bits per heavy atom. The molecule has 1 amide bonds. The number of hydrogen-bond donors (Lipinski definition) is 1. The first-order valence-electron chi connectivity index (χ1n) is 7.62. The number of piperidine rings is 1. The van der Waals surface area contributed by atoms with Gasteiger partial charge in [-0.15, -0.1) is 0 Å². The van der Waals surface area contributed by atoms with E-state index in [4.69, 9.17) is 0 Å². The highest BCUT2D eigenvalue weighted by atomic mass is 16.4. The fourth-order valence-corrected chi connectivity index (χ4v) is 2.98. The van der Waals surface area contributed by atoms with Crippen LogP contribution in [-0.4, -0.2) is 35.0 Å². The van der Waals surface area contributed by atoms with Crippen LogP contribution in [0.2, 0.25) is 0 Å². The van der Waals surface area contributed by atoms with Crippen molar-refractivity contribution in [1.82, 2.24) is 4.90 Å². The first-order valence-corrected chi connectivity index (χ1v) is 7.62. The number of carboxylic acid groups (broad SMARTS) is 1. The lowest BCUT2D eigenvalue weighted by atomic mass is 9.90. The minimum absolute atomic E-state index is 0.0594. The van der Waals surface area contributed by atoms with Crippen molar-refractivity contribution in [1.29, 1.82) is 0 Å². The van der Waals surface area contributed by atoms with Gasteiger partial charge in [0.1, 0.15) is 0 Å². The Kier molecular flexibility index (Phi) is 4.99. The van der Waals surface area contributed by atoms with E-state index in [2.05, 4.69) is 6.92 Å². The fourth-order valence-electron chi connectivity index (χ4n) is 2.98. The zero-order valence-electron chi connectivity index (χ0n) is 12.7. The molecule has 1 aromatic carbocycles. The Balaban J connectivity index is 2.09. The summed E-state index contributed by atoms with van der Waals surface area (Å²) < 4.78 is 0. The third-order valence-corrected chi connectivity index (χ3v) is 4.04. The number of hydrogen-bond acceptors (Lipinski definition) is 2. The summed E-state index contributed by atoms with van der Waals surface area (Å²) in [4.78, 5) is 25.4. The maximum absolute atomic E-state index is 12.5. The maximum Gasteiger partial charge on any atom is 0.308 e. The molecule has 0 aromatic heterocycles. The van der Waals surface area contributed by atoms with Crippen LogP contribution in [0.4, 0.5) is 0 Å². The van der Waals surface area contributed by atoms with E-state index in [1.165, 1.54) is 5.56 Å². The molecule has 4 nitrogen and oxygen atoms in total. The van der Waals surface area contributed by atoms with Crippen molar-refractivity contribution in [2.24, 2.45) is 11.8 Å². The van der Waals surface area contributed by atoms with Gasteiger partial charge >= 0.3 is 5.97 Å². The van der Waals surface area contributed by atoms with E-state index in [0.29, 0.717) is 25.1 Å². The van der Waals surface area contributed by atoms with Gasteiger partial charge in [0.05, 0.1) is 5.92 Å². The first-order chi connectivity index (χ1) is 10.0. The molecule has 1 aliphatic heterocycles. The van der Waals surface area contributed by atoms with Crippen LogP contribution >= 0.6 is 0 Å². The molecule has 21 heavy (non-hydrogen) atoms. The topological polar surface area (TPSA) is 57.6 Å². The van der Waals surface area contributed by atoms with Gasteiger partial charge in [-0.05, 0) is 36.5 Å². The first kappa shape index (κ1) is 15.5. The third-order valence-electron chi connectivity index (χ3n) is 4.04. The second kappa shape index (κ2) is 6.74. The molecular weight excluding hydrogens is 266 g/mol. The average Bonchev–Trinajstić information content (AvgIpc) is 2.47. The Hall–Kier alpha value is -1.84. The summed E-state index contributed by atoms with van der Waals surface area (Å²) in [5, 5.41) is 9.18. The largest absolute Gasteiger partial charge is 0.481 e. The van der Waals surface area contributed by atoms with Gasteiger partial charge in [-0.3, -0.25) is 9.59 Å². The summed E-state index contributed by atoms with van der Waals surface area (Å²) in [7, 11) is 0. The summed E-state index contributed by atoms with van der Waals surface area (Å²) >= 11 is 0. The highest BCUT2D eigenvalue weighted by molar-refractivity contribution is 5.94. The molecule has 2 unspecified atom stereocenters. The molecule has 4 heteroatoms. The van der Waals surface area contributed by atoms with E-state index >= 15 is 0 Å². The summed E-state index contributed by atoms with van der Waals surface area (Å²) in [5.41, 5.74) is 1.87. The van der Waals surface area contributed by atoms with Crippen molar-refractivity contribution in [3.8, 4) is 0 Å². The lowest BCUT2D eigenvalue weighted by molar-refractivity contribution is -0.143. The van der Waals surface area contributed by atoms with E-state index in [1.807, 2.05) is 31.2 Å². The predicted octanol–water partition coefficient (Wildman–Crippen LogP) is 2.82. The van der Waals surface area contributed by atoms with Crippen LogP contribution in [0.15, 0.2) is 24.3 Å². The molecule has 2 atom stereocenters. The molecule has 0 aliphatic carbocycles. The second-order valence-electron chi connectivity index (χ2n) is 6.03. The Morgan fingerprint density at radius 2 is 1.90 bits per heavy atom. The molecule has 0 saturated carbocycles. The number of aryl methyl sites for hydroxylation is 1. The molecule has 2 rings (SSSR count). The third kappa shape index (κ3) is 3.84. The monoisotopic (exact) mass is 289 g/mol. The molecule has 114 valence electrons. The SMILES string of the molecule is CCCc1ccc(C(=O)N2CC(C)CC(C(=O)O)C2)cc1. The number of rotatable bonds is 4. The number of carbonyl (C=O) groups is 2. The van der Waals surface area contributed by atoms with Crippen molar-refractivity contribution in [2.75, 3.05) is 13.1 Å². The van der Waals surface area contributed by atoms with Gasteiger partial charge in [0.25, 0.3) is 5.91 Å². The standard InChI is InChI=1S/C17H23NO3/c1-3-4-13-5-7-14(8-6-13)16(19)18-10-12(2)9-15(11-18)17(20)21/h5-8,12,15H,3-4,9-11H2,1-2H3,(H,20,21). The zero-order chi connectivity index (χ0) is 15.4. The van der Waals surface area contributed by atoms with E-state index in [-0.39, 0.29) is 11.8 Å². The van der Waals surface area contributed by atoms with Crippen LogP contribution in [0.5, 0.6) is 0 Å². The van der Waals surface area contributed by atoms with E-state index in [0.717, 1.165) is 12.8 Å². The molecule has 1 N–H and O–H groups in total. The lowest BCUT2D eigenvalue weighted by Gasteiger charge is -2.34. The number of likely N-dealkylation sites (tertiary alicyclic amines) is 1. The minimum Gasteiger partial charge on any atom is -0.481 e. The molecular formula is C17H23NO3. The van der Waals surface area contributed by atoms with Crippen molar-refractivity contribution in [3.05, 3.63) is 35.4 Å². The highest BCUT2D eigenvalue weighted by Gasteiger charge is 2.32. The molecule has 1 heterocycles. The molecule has 1 aliphatic rings. The summed E-state index contributed by atoms with van der Waals surface area (Å²) in [6, 6.07) is 7.67. The van der Waals surface area contributed by atoms with Gasteiger partial charge in [-0.2, -0.15) is 0 Å². The number of amides is 1. The normalized spacial score (nSPS) is 22.1. The van der Waals surface area contributed by atoms with Gasteiger partial charge < -0.3 is 10.0 Å². The smallest absolute Gasteiger partial charge is 0.308 e. The molecule has 0 radical (unpaired) electrons.